The molecule has 1 aromatic heterocycles. The monoisotopic (exact) mass is 515 g/mol. The molecule has 0 saturated heterocycles. The molecule has 0 spiro atoms. The van der Waals surface area contributed by atoms with E-state index in [4.69, 9.17) is 27.9 Å². The summed E-state index contributed by atoms with van der Waals surface area (Å²) < 4.78 is 33.8. The number of carbonyl (C=O) groups excluding carboxylic acids is 1. The van der Waals surface area contributed by atoms with Crippen LogP contribution in [0.5, 0.6) is 5.75 Å². The van der Waals surface area contributed by atoms with Gasteiger partial charge in [-0.05, 0) is 64.1 Å². The molecule has 2 aromatic carbocycles. The molecule has 172 valence electrons. The number of fused-ring (bicyclic) bond motifs is 1. The fraction of sp³-hybridized carbons (Fsp3) is 0.333. The van der Waals surface area contributed by atoms with Gasteiger partial charge < -0.3 is 4.74 Å². The van der Waals surface area contributed by atoms with E-state index in [1.165, 1.54) is 27.8 Å². The minimum atomic E-state index is -3.67. The Morgan fingerprint density at radius 3 is 2.44 bits per heavy atom. The summed E-state index contributed by atoms with van der Waals surface area (Å²) in [5.74, 6) is -0.0843. The molecule has 3 aromatic rings. The number of halogens is 2. The molecule has 1 amide bonds. The van der Waals surface area contributed by atoms with Gasteiger partial charge in [-0.1, -0.05) is 34.5 Å². The van der Waals surface area contributed by atoms with Gasteiger partial charge >= 0.3 is 0 Å². The van der Waals surface area contributed by atoms with Crippen LogP contribution in [0.15, 0.2) is 41.3 Å². The lowest BCUT2D eigenvalue weighted by Gasteiger charge is -2.29. The number of anilines is 1. The first-order valence-electron chi connectivity index (χ1n) is 9.81. The average Bonchev–Trinajstić information content (AvgIpc) is 3.07. The van der Waals surface area contributed by atoms with Crippen molar-refractivity contribution in [3.63, 3.8) is 0 Å². The van der Waals surface area contributed by atoms with Crippen LogP contribution in [0.1, 0.15) is 27.7 Å². The van der Waals surface area contributed by atoms with E-state index in [1.54, 1.807) is 24.3 Å². The molecule has 0 saturated carbocycles. The molecule has 11 heteroatoms. The summed E-state index contributed by atoms with van der Waals surface area (Å²) in [5, 5.41) is 3.77. The molecule has 0 atom stereocenters. The van der Waals surface area contributed by atoms with Gasteiger partial charge in [0.05, 0.1) is 20.1 Å². The Kier molecular flexibility index (Phi) is 7.67. The number of nitrogens with one attached hydrogen (secondary N) is 1. The van der Waals surface area contributed by atoms with E-state index in [-0.39, 0.29) is 23.6 Å². The standard InChI is InChI=1S/C21H23Cl2N3O4S2/c1-12(2)26(13(3)4)32(28,29)15-6-7-17-19(10-15)31-21(24-17)25-20(27)11-30-18-8-5-14(22)9-16(18)23/h5-10,12-13H,11H2,1-4H3,(H,24,25,27). The summed E-state index contributed by atoms with van der Waals surface area (Å²) >= 11 is 13.1. The molecule has 0 radical (unpaired) electrons. The maximum absolute atomic E-state index is 13.1. The van der Waals surface area contributed by atoms with Crippen LogP contribution in [0.25, 0.3) is 10.2 Å². The van der Waals surface area contributed by atoms with Crippen molar-refractivity contribution in [1.82, 2.24) is 9.29 Å². The number of benzene rings is 2. The van der Waals surface area contributed by atoms with Crippen molar-refractivity contribution in [2.24, 2.45) is 0 Å². The normalized spacial score (nSPS) is 12.2. The van der Waals surface area contributed by atoms with E-state index < -0.39 is 15.9 Å². The summed E-state index contributed by atoms with van der Waals surface area (Å²) in [6.07, 6.45) is 0. The molecule has 1 heterocycles. The first-order chi connectivity index (χ1) is 15.0. The Hall–Kier alpha value is -1.91. The van der Waals surface area contributed by atoms with Crippen LogP contribution in [-0.2, 0) is 14.8 Å². The fourth-order valence-corrected chi connectivity index (χ4v) is 6.60. The summed E-state index contributed by atoms with van der Waals surface area (Å²) in [4.78, 5) is 16.8. The van der Waals surface area contributed by atoms with Gasteiger partial charge in [-0.2, -0.15) is 4.31 Å². The number of sulfonamides is 1. The van der Waals surface area contributed by atoms with Crippen LogP contribution in [0.3, 0.4) is 0 Å². The molecule has 0 aliphatic carbocycles. The molecule has 0 aliphatic rings. The second kappa shape index (κ2) is 9.93. The topological polar surface area (TPSA) is 88.6 Å². The number of hydrogen-bond acceptors (Lipinski definition) is 6. The summed E-state index contributed by atoms with van der Waals surface area (Å²) in [5.41, 5.74) is 0.589. The van der Waals surface area contributed by atoms with Crippen molar-refractivity contribution in [2.45, 2.75) is 44.7 Å². The highest BCUT2D eigenvalue weighted by Gasteiger charge is 2.29. The predicted octanol–water partition coefficient (Wildman–Crippen LogP) is 5.43. The van der Waals surface area contributed by atoms with Gasteiger partial charge in [-0.25, -0.2) is 13.4 Å². The van der Waals surface area contributed by atoms with Gasteiger partial charge in [0, 0.05) is 17.1 Å². The van der Waals surface area contributed by atoms with E-state index >= 15 is 0 Å². The number of rotatable bonds is 8. The molecule has 1 N–H and O–H groups in total. The smallest absolute Gasteiger partial charge is 0.264 e. The van der Waals surface area contributed by atoms with Crippen molar-refractivity contribution >= 4 is 65.8 Å². The predicted molar refractivity (Wildman–Crippen MR) is 130 cm³/mol. The van der Waals surface area contributed by atoms with Gasteiger partial charge in [-0.15, -0.1) is 0 Å². The lowest BCUT2D eigenvalue weighted by Crippen LogP contribution is -2.41. The van der Waals surface area contributed by atoms with Gasteiger partial charge in [0.1, 0.15) is 5.75 Å². The van der Waals surface area contributed by atoms with Crippen molar-refractivity contribution in [1.29, 1.82) is 0 Å². The first-order valence-corrected chi connectivity index (χ1v) is 12.8. The Balaban J connectivity index is 1.75. The third kappa shape index (κ3) is 5.52. The third-order valence-corrected chi connectivity index (χ3v) is 8.16. The molecule has 0 aliphatic heterocycles. The summed E-state index contributed by atoms with van der Waals surface area (Å²) in [6, 6.07) is 9.11. The molecular formula is C21H23Cl2N3O4S2. The molecular weight excluding hydrogens is 493 g/mol. The molecule has 0 fully saturated rings. The zero-order valence-corrected chi connectivity index (χ0v) is 21.1. The number of amides is 1. The number of aromatic nitrogens is 1. The highest BCUT2D eigenvalue weighted by Crippen LogP contribution is 2.31. The number of thiazole rings is 1. The van der Waals surface area contributed by atoms with E-state index in [0.29, 0.717) is 31.1 Å². The number of nitrogens with zero attached hydrogens (tertiary/aromatic N) is 2. The van der Waals surface area contributed by atoms with Gasteiger partial charge in [0.15, 0.2) is 11.7 Å². The van der Waals surface area contributed by atoms with Gasteiger partial charge in [0.25, 0.3) is 5.91 Å². The van der Waals surface area contributed by atoms with E-state index in [0.717, 1.165) is 0 Å². The van der Waals surface area contributed by atoms with Crippen molar-refractivity contribution < 1.29 is 17.9 Å². The number of hydrogen-bond donors (Lipinski definition) is 1. The Labute approximate surface area is 201 Å². The van der Waals surface area contributed by atoms with E-state index in [2.05, 4.69) is 10.3 Å². The van der Waals surface area contributed by atoms with Crippen LogP contribution in [0.2, 0.25) is 10.0 Å². The molecule has 0 unspecified atom stereocenters. The van der Waals surface area contributed by atoms with Crippen LogP contribution in [0.4, 0.5) is 5.13 Å². The highest BCUT2D eigenvalue weighted by atomic mass is 35.5. The Morgan fingerprint density at radius 1 is 1.12 bits per heavy atom. The second-order valence-corrected chi connectivity index (χ2v) is 11.3. The largest absolute Gasteiger partial charge is 0.482 e. The second-order valence-electron chi connectivity index (χ2n) is 7.58. The fourth-order valence-electron chi connectivity index (χ4n) is 3.28. The molecule has 0 bridgehead atoms. The summed E-state index contributed by atoms with van der Waals surface area (Å²) in [6.45, 7) is 7.10. The zero-order valence-electron chi connectivity index (χ0n) is 17.9. The van der Waals surface area contributed by atoms with Crippen molar-refractivity contribution in [3.05, 3.63) is 46.4 Å². The minimum Gasteiger partial charge on any atom is -0.482 e. The van der Waals surface area contributed by atoms with Gasteiger partial charge in [0.2, 0.25) is 10.0 Å². The maximum atomic E-state index is 13.1. The first kappa shape index (κ1) is 24.7. The molecule has 7 nitrogen and oxygen atoms in total. The molecule has 32 heavy (non-hydrogen) atoms. The van der Waals surface area contributed by atoms with Crippen molar-refractivity contribution in [2.75, 3.05) is 11.9 Å². The Bertz CT molecular complexity index is 1240. The average molecular weight is 516 g/mol. The zero-order chi connectivity index (χ0) is 23.6. The lowest BCUT2D eigenvalue weighted by molar-refractivity contribution is -0.118. The lowest BCUT2D eigenvalue weighted by atomic mass is 10.3. The Morgan fingerprint density at radius 2 is 1.81 bits per heavy atom. The number of carbonyl (C=O) groups is 1. The number of ether oxygens (including phenoxy) is 1. The van der Waals surface area contributed by atoms with Crippen LogP contribution in [0, 0.1) is 0 Å². The van der Waals surface area contributed by atoms with Crippen molar-refractivity contribution in [3.8, 4) is 5.75 Å². The van der Waals surface area contributed by atoms with E-state index in [9.17, 15) is 13.2 Å². The van der Waals surface area contributed by atoms with E-state index in [1.807, 2.05) is 27.7 Å². The third-order valence-electron chi connectivity index (χ3n) is 4.45. The summed E-state index contributed by atoms with van der Waals surface area (Å²) in [7, 11) is -3.67. The van der Waals surface area contributed by atoms with Crippen LogP contribution >= 0.6 is 34.5 Å². The SMILES string of the molecule is CC(C)N(C(C)C)S(=O)(=O)c1ccc2nc(NC(=O)COc3ccc(Cl)cc3Cl)sc2c1. The quantitative estimate of drug-likeness (QED) is 0.432. The van der Waals surface area contributed by atoms with Gasteiger partial charge in [-0.3, -0.25) is 10.1 Å². The minimum absolute atomic E-state index is 0.179. The van der Waals surface area contributed by atoms with Crippen LogP contribution in [-0.4, -0.2) is 42.3 Å². The maximum Gasteiger partial charge on any atom is 0.264 e. The van der Waals surface area contributed by atoms with Crippen LogP contribution < -0.4 is 10.1 Å². The molecule has 3 rings (SSSR count). The highest BCUT2D eigenvalue weighted by molar-refractivity contribution is 7.89.